The van der Waals surface area contributed by atoms with E-state index in [0.717, 1.165) is 30.2 Å². The molecule has 0 aliphatic carbocycles. The Morgan fingerprint density at radius 1 is 1.36 bits per heavy atom. The van der Waals surface area contributed by atoms with Crippen molar-refractivity contribution in [3.8, 4) is 5.75 Å². The van der Waals surface area contributed by atoms with Gasteiger partial charge in [-0.2, -0.15) is 0 Å². The Hall–Kier alpha value is -2.36. The first-order valence-electron chi connectivity index (χ1n) is 7.54. The second-order valence-electron chi connectivity index (χ2n) is 5.52. The molecule has 2 heterocycles. The maximum Gasteiger partial charge on any atom is 0.573 e. The molecule has 10 heteroatoms. The van der Waals surface area contributed by atoms with Gasteiger partial charge in [0, 0.05) is 19.0 Å². The smallest absolute Gasteiger partial charge is 0.406 e. The number of hydrogen-bond acceptors (Lipinski definition) is 5. The van der Waals surface area contributed by atoms with E-state index >= 15 is 0 Å². The predicted octanol–water partition coefficient (Wildman–Crippen LogP) is 3.15. The highest BCUT2D eigenvalue weighted by molar-refractivity contribution is 7.22. The lowest BCUT2D eigenvalue weighted by Gasteiger charge is -2.25. The second kappa shape index (κ2) is 6.87. The van der Waals surface area contributed by atoms with Gasteiger partial charge >= 0.3 is 6.36 Å². The van der Waals surface area contributed by atoms with Gasteiger partial charge in [-0.1, -0.05) is 11.3 Å². The minimum Gasteiger partial charge on any atom is -0.406 e. The molecule has 1 fully saturated rings. The SMILES string of the molecule is O=C(CN1CCCCC1=O)Nc1nc2ccc(OC(F)(F)F)cc2s1. The molecule has 6 nitrogen and oxygen atoms in total. The van der Waals surface area contributed by atoms with Gasteiger partial charge in [-0.05, 0) is 25.0 Å². The molecule has 0 bridgehead atoms. The van der Waals surface area contributed by atoms with Crippen molar-refractivity contribution in [2.45, 2.75) is 25.6 Å². The summed E-state index contributed by atoms with van der Waals surface area (Å²) in [5, 5.41) is 2.84. The molecule has 0 saturated carbocycles. The summed E-state index contributed by atoms with van der Waals surface area (Å²) in [6.45, 7) is 0.488. The van der Waals surface area contributed by atoms with E-state index in [0.29, 0.717) is 23.2 Å². The molecular weight excluding hydrogens is 359 g/mol. The molecule has 1 aliphatic rings. The van der Waals surface area contributed by atoms with Crippen LogP contribution in [-0.4, -0.2) is 41.2 Å². The van der Waals surface area contributed by atoms with Gasteiger partial charge < -0.3 is 15.0 Å². The molecule has 2 amide bonds. The first-order chi connectivity index (χ1) is 11.8. The van der Waals surface area contributed by atoms with Crippen molar-refractivity contribution < 1.29 is 27.5 Å². The number of alkyl halides is 3. The minimum atomic E-state index is -4.77. The number of amides is 2. The number of nitrogens with zero attached hydrogens (tertiary/aromatic N) is 2. The van der Waals surface area contributed by atoms with Gasteiger partial charge in [0.05, 0.1) is 16.8 Å². The van der Waals surface area contributed by atoms with Crippen LogP contribution in [0.4, 0.5) is 18.3 Å². The van der Waals surface area contributed by atoms with E-state index in [1.54, 1.807) is 0 Å². The van der Waals surface area contributed by atoms with Crippen molar-refractivity contribution in [2.75, 3.05) is 18.4 Å². The minimum absolute atomic E-state index is 0.0559. The van der Waals surface area contributed by atoms with E-state index < -0.39 is 6.36 Å². The third-order valence-corrected chi connectivity index (χ3v) is 4.53. The van der Waals surface area contributed by atoms with Crippen LogP contribution in [0.25, 0.3) is 10.2 Å². The van der Waals surface area contributed by atoms with Gasteiger partial charge in [-0.15, -0.1) is 13.2 Å². The van der Waals surface area contributed by atoms with Crippen LogP contribution in [-0.2, 0) is 9.59 Å². The summed E-state index contributed by atoms with van der Waals surface area (Å²) in [6, 6.07) is 3.76. The number of rotatable bonds is 4. The maximum absolute atomic E-state index is 12.2. The van der Waals surface area contributed by atoms with Gasteiger partial charge in [-0.25, -0.2) is 4.98 Å². The van der Waals surface area contributed by atoms with Crippen molar-refractivity contribution in [1.82, 2.24) is 9.88 Å². The van der Waals surface area contributed by atoms with Crippen molar-refractivity contribution in [1.29, 1.82) is 0 Å². The zero-order chi connectivity index (χ0) is 18.0. The van der Waals surface area contributed by atoms with Crippen LogP contribution in [0, 0.1) is 0 Å². The van der Waals surface area contributed by atoms with Crippen LogP contribution in [0.15, 0.2) is 18.2 Å². The molecule has 2 aromatic rings. The lowest BCUT2D eigenvalue weighted by Crippen LogP contribution is -2.40. The highest BCUT2D eigenvalue weighted by Crippen LogP contribution is 2.31. The number of nitrogens with one attached hydrogen (secondary N) is 1. The van der Waals surface area contributed by atoms with Crippen LogP contribution in [0.1, 0.15) is 19.3 Å². The summed E-state index contributed by atoms with van der Waals surface area (Å²) < 4.78 is 41.1. The summed E-state index contributed by atoms with van der Waals surface area (Å²) in [7, 11) is 0. The molecular formula is C15H14F3N3O3S. The van der Waals surface area contributed by atoms with E-state index in [1.165, 1.54) is 17.0 Å². The standard InChI is InChI=1S/C15H14F3N3O3S/c16-15(17,18)24-9-4-5-10-11(7-9)25-14(19-10)20-12(22)8-21-6-2-1-3-13(21)23/h4-5,7H,1-3,6,8H2,(H,19,20,22). The molecule has 0 unspecified atom stereocenters. The molecule has 0 radical (unpaired) electrons. The van der Waals surface area contributed by atoms with Crippen molar-refractivity contribution in [3.63, 3.8) is 0 Å². The van der Waals surface area contributed by atoms with E-state index in [4.69, 9.17) is 0 Å². The molecule has 25 heavy (non-hydrogen) atoms. The monoisotopic (exact) mass is 373 g/mol. The van der Waals surface area contributed by atoms with Gasteiger partial charge in [0.15, 0.2) is 5.13 Å². The number of carbonyl (C=O) groups is 2. The number of hydrogen-bond donors (Lipinski definition) is 1. The van der Waals surface area contributed by atoms with Crippen molar-refractivity contribution >= 4 is 38.5 Å². The van der Waals surface area contributed by atoms with Crippen molar-refractivity contribution in [2.24, 2.45) is 0 Å². The average molecular weight is 373 g/mol. The quantitative estimate of drug-likeness (QED) is 0.894. The number of carbonyl (C=O) groups excluding carboxylic acids is 2. The number of likely N-dealkylation sites (tertiary alicyclic amines) is 1. The third kappa shape index (κ3) is 4.59. The number of ether oxygens (including phenoxy) is 1. The molecule has 1 aromatic carbocycles. The Kier molecular flexibility index (Phi) is 4.80. The highest BCUT2D eigenvalue weighted by Gasteiger charge is 2.31. The van der Waals surface area contributed by atoms with Gasteiger partial charge in [0.2, 0.25) is 11.8 Å². The van der Waals surface area contributed by atoms with Gasteiger partial charge in [0.1, 0.15) is 5.75 Å². The fourth-order valence-electron chi connectivity index (χ4n) is 2.52. The zero-order valence-corrected chi connectivity index (χ0v) is 13.7. The number of piperidine rings is 1. The molecule has 1 aliphatic heterocycles. The number of halogens is 3. The number of fused-ring (bicyclic) bond motifs is 1. The van der Waals surface area contributed by atoms with Crippen molar-refractivity contribution in [3.05, 3.63) is 18.2 Å². The topological polar surface area (TPSA) is 71.5 Å². The molecule has 1 saturated heterocycles. The molecule has 0 spiro atoms. The average Bonchev–Trinajstić information content (AvgIpc) is 2.89. The predicted molar refractivity (Wildman–Crippen MR) is 85.4 cm³/mol. The Morgan fingerprint density at radius 3 is 2.88 bits per heavy atom. The number of aromatic nitrogens is 1. The fraction of sp³-hybridized carbons (Fsp3) is 0.400. The molecule has 134 valence electrons. The van der Waals surface area contributed by atoms with E-state index in [9.17, 15) is 22.8 Å². The molecule has 1 aromatic heterocycles. The van der Waals surface area contributed by atoms with Crippen LogP contribution in [0.2, 0.25) is 0 Å². The lowest BCUT2D eigenvalue weighted by atomic mass is 10.1. The van der Waals surface area contributed by atoms with Crippen LogP contribution >= 0.6 is 11.3 Å². The number of thiazole rings is 1. The first kappa shape index (κ1) is 17.5. The molecule has 1 N–H and O–H groups in total. The van der Waals surface area contributed by atoms with Crippen LogP contribution < -0.4 is 10.1 Å². The normalized spacial score (nSPS) is 15.5. The molecule has 0 atom stereocenters. The Bertz CT molecular complexity index is 806. The summed E-state index contributed by atoms with van der Waals surface area (Å²) in [5.41, 5.74) is 0.448. The highest BCUT2D eigenvalue weighted by atomic mass is 32.1. The summed E-state index contributed by atoms with van der Waals surface area (Å²) in [6.07, 6.45) is -2.63. The van der Waals surface area contributed by atoms with E-state index in [1.807, 2.05) is 0 Å². The number of anilines is 1. The Balaban J connectivity index is 1.67. The lowest BCUT2D eigenvalue weighted by molar-refractivity contribution is -0.274. The van der Waals surface area contributed by atoms with Gasteiger partial charge in [-0.3, -0.25) is 9.59 Å². The second-order valence-corrected chi connectivity index (χ2v) is 6.55. The summed E-state index contributed by atoms with van der Waals surface area (Å²) in [5.74, 6) is -0.791. The number of benzene rings is 1. The van der Waals surface area contributed by atoms with Gasteiger partial charge in [0.25, 0.3) is 0 Å². The Labute approximate surface area is 144 Å². The molecule has 3 rings (SSSR count). The van der Waals surface area contributed by atoms with Crippen LogP contribution in [0.5, 0.6) is 5.75 Å². The third-order valence-electron chi connectivity index (χ3n) is 3.60. The largest absolute Gasteiger partial charge is 0.573 e. The zero-order valence-electron chi connectivity index (χ0n) is 12.9. The summed E-state index contributed by atoms with van der Waals surface area (Å²) in [4.78, 5) is 29.4. The Morgan fingerprint density at radius 2 is 2.16 bits per heavy atom. The summed E-state index contributed by atoms with van der Waals surface area (Å²) >= 11 is 1.03. The first-order valence-corrected chi connectivity index (χ1v) is 8.36. The maximum atomic E-state index is 12.2. The van der Waals surface area contributed by atoms with E-state index in [-0.39, 0.29) is 29.2 Å². The fourth-order valence-corrected chi connectivity index (χ4v) is 3.43. The van der Waals surface area contributed by atoms with Crippen LogP contribution in [0.3, 0.4) is 0 Å². The van der Waals surface area contributed by atoms with E-state index in [2.05, 4.69) is 15.0 Å².